The van der Waals surface area contributed by atoms with Crippen LogP contribution in [0.25, 0.3) is 44.8 Å². The van der Waals surface area contributed by atoms with Gasteiger partial charge in [0.15, 0.2) is 0 Å². The van der Waals surface area contributed by atoms with Crippen LogP contribution in [0.5, 0.6) is 0 Å². The summed E-state index contributed by atoms with van der Waals surface area (Å²) in [6.45, 7) is 6.62. The Balaban J connectivity index is 1.02. The topological polar surface area (TPSA) is 210 Å². The lowest BCUT2D eigenvalue weighted by Crippen LogP contribution is -2.54. The minimum absolute atomic E-state index is 0.121. The second-order valence-electron chi connectivity index (χ2n) is 15.2. The fourth-order valence-corrected chi connectivity index (χ4v) is 7.83. The number of nitrogens with zero attached hydrogens (tertiary/aromatic N) is 6. The molecule has 17 heteroatoms. The van der Waals surface area contributed by atoms with Crippen molar-refractivity contribution in [3.8, 4) is 33.8 Å². The molecule has 17 nitrogen and oxygen atoms in total. The Morgan fingerprint density at radius 2 is 1.25 bits per heavy atom. The summed E-state index contributed by atoms with van der Waals surface area (Å²) in [5.41, 5.74) is 6.49. The Morgan fingerprint density at radius 3 is 1.85 bits per heavy atom. The molecule has 5 atom stereocenters. The molecule has 5 heterocycles. The number of carbonyl (C=O) groups excluding carboxylic acids is 4. The molecule has 3 aromatic heterocycles. The highest BCUT2D eigenvalue weighted by Gasteiger charge is 2.39. The highest BCUT2D eigenvalue weighted by Crippen LogP contribution is 2.35. The van der Waals surface area contributed by atoms with Crippen molar-refractivity contribution in [2.75, 3.05) is 34.4 Å². The second-order valence-corrected chi connectivity index (χ2v) is 15.2. The second kappa shape index (κ2) is 17.6. The maximum Gasteiger partial charge on any atom is 0.407 e. The number of aromatic nitrogens is 6. The molecule has 5 aromatic rings. The summed E-state index contributed by atoms with van der Waals surface area (Å²) in [5.74, 6) is 0.833. The Labute approximate surface area is 341 Å². The van der Waals surface area contributed by atoms with Gasteiger partial charge in [0.2, 0.25) is 11.8 Å². The molecule has 5 unspecified atom stereocenters. The van der Waals surface area contributed by atoms with Crippen LogP contribution in [-0.2, 0) is 23.8 Å². The summed E-state index contributed by atoms with van der Waals surface area (Å²) in [6, 6.07) is 11.7. The van der Waals surface area contributed by atoms with Crippen molar-refractivity contribution in [1.82, 2.24) is 50.3 Å². The van der Waals surface area contributed by atoms with E-state index >= 15 is 0 Å². The summed E-state index contributed by atoms with van der Waals surface area (Å²) in [5, 5.41) is 5.31. The van der Waals surface area contributed by atoms with Gasteiger partial charge in [0.1, 0.15) is 23.7 Å². The van der Waals surface area contributed by atoms with Crippen LogP contribution in [0.2, 0.25) is 0 Å². The molecule has 0 saturated carbocycles. The molecule has 0 spiro atoms. The zero-order valence-electron chi connectivity index (χ0n) is 34.0. The summed E-state index contributed by atoms with van der Waals surface area (Å²) in [6.07, 6.45) is 6.47. The van der Waals surface area contributed by atoms with Gasteiger partial charge in [0.25, 0.3) is 0 Å². The smallest absolute Gasteiger partial charge is 0.407 e. The number of alkyl carbamates (subject to hydrolysis) is 2. The van der Waals surface area contributed by atoms with Crippen LogP contribution in [0.3, 0.4) is 0 Å². The third-order valence-corrected chi connectivity index (χ3v) is 11.2. The van der Waals surface area contributed by atoms with E-state index in [2.05, 4.69) is 25.6 Å². The van der Waals surface area contributed by atoms with Crippen molar-refractivity contribution >= 4 is 35.0 Å². The van der Waals surface area contributed by atoms with Crippen LogP contribution in [0.15, 0.2) is 61.1 Å². The third kappa shape index (κ3) is 8.60. The predicted molar refractivity (Wildman–Crippen MR) is 217 cm³/mol. The van der Waals surface area contributed by atoms with E-state index in [-0.39, 0.29) is 29.8 Å². The molecule has 2 saturated heterocycles. The maximum absolute atomic E-state index is 13.6. The molecule has 4 N–H and O–H groups in total. The van der Waals surface area contributed by atoms with E-state index in [1.54, 1.807) is 35.3 Å². The van der Waals surface area contributed by atoms with Gasteiger partial charge in [-0.1, -0.05) is 44.2 Å². The number of amides is 4. The lowest BCUT2D eigenvalue weighted by molar-refractivity contribution is -0.137. The average Bonchev–Trinajstić information content (AvgIpc) is 4.10. The molecule has 2 aromatic carbocycles. The third-order valence-electron chi connectivity index (χ3n) is 11.2. The molecular weight excluding hydrogens is 757 g/mol. The first kappa shape index (κ1) is 40.8. The van der Waals surface area contributed by atoms with Gasteiger partial charge >= 0.3 is 12.2 Å². The molecule has 2 aliphatic rings. The number of imidazole rings is 2. The number of carbonyl (C=O) groups is 4. The lowest BCUT2D eigenvalue weighted by Gasteiger charge is -2.30. The van der Waals surface area contributed by atoms with Gasteiger partial charge < -0.3 is 44.6 Å². The van der Waals surface area contributed by atoms with Crippen molar-refractivity contribution < 1.29 is 33.4 Å². The van der Waals surface area contributed by atoms with E-state index < -0.39 is 30.4 Å². The number of H-pyrrole nitrogens is 2. The number of fused-ring (bicyclic) bond motifs is 1. The highest BCUT2D eigenvalue weighted by atomic mass is 16.5. The van der Waals surface area contributed by atoms with Crippen LogP contribution < -0.4 is 10.6 Å². The largest absolute Gasteiger partial charge is 0.453 e. The van der Waals surface area contributed by atoms with E-state index in [0.717, 1.165) is 59.1 Å². The predicted octanol–water partition coefficient (Wildman–Crippen LogP) is 5.54. The maximum atomic E-state index is 13.6. The Hall–Kier alpha value is -6.36. The van der Waals surface area contributed by atoms with E-state index in [1.165, 1.54) is 21.3 Å². The molecule has 2 fully saturated rings. The van der Waals surface area contributed by atoms with Gasteiger partial charge in [-0.3, -0.25) is 19.6 Å². The molecule has 2 aliphatic heterocycles. The van der Waals surface area contributed by atoms with Crippen molar-refractivity contribution in [3.63, 3.8) is 0 Å². The van der Waals surface area contributed by atoms with Crippen molar-refractivity contribution in [2.24, 2.45) is 5.92 Å². The molecule has 7 rings (SSSR count). The van der Waals surface area contributed by atoms with Crippen LogP contribution in [-0.4, -0.2) is 116 Å². The van der Waals surface area contributed by atoms with Gasteiger partial charge in [0, 0.05) is 31.3 Å². The molecular formula is C42H50N10O7. The number of likely N-dealkylation sites (tertiary alicyclic amines) is 2. The van der Waals surface area contributed by atoms with Crippen molar-refractivity contribution in [3.05, 3.63) is 72.7 Å². The van der Waals surface area contributed by atoms with Gasteiger partial charge in [0.05, 0.1) is 79.1 Å². The Kier molecular flexibility index (Phi) is 12.2. The minimum Gasteiger partial charge on any atom is -0.453 e. The number of benzene rings is 2. The zero-order chi connectivity index (χ0) is 41.8. The monoisotopic (exact) mass is 806 g/mol. The first-order valence-corrected chi connectivity index (χ1v) is 19.8. The van der Waals surface area contributed by atoms with Crippen LogP contribution >= 0.6 is 0 Å². The fraction of sp³-hybridized carbons (Fsp3) is 0.429. The van der Waals surface area contributed by atoms with Gasteiger partial charge in [-0.05, 0) is 56.2 Å². The summed E-state index contributed by atoms with van der Waals surface area (Å²) in [7, 11) is 4.03. The molecule has 0 radical (unpaired) electrons. The minimum atomic E-state index is -0.906. The van der Waals surface area contributed by atoms with E-state index in [0.29, 0.717) is 36.1 Å². The number of rotatable bonds is 12. The zero-order valence-corrected chi connectivity index (χ0v) is 34.0. The van der Waals surface area contributed by atoms with Gasteiger partial charge in [-0.2, -0.15) is 0 Å². The van der Waals surface area contributed by atoms with Gasteiger partial charge in [-0.25, -0.2) is 19.6 Å². The highest BCUT2D eigenvalue weighted by molar-refractivity contribution is 5.88. The molecule has 59 heavy (non-hydrogen) atoms. The average molecular weight is 807 g/mol. The van der Waals surface area contributed by atoms with E-state index in [1.807, 2.05) is 56.3 Å². The van der Waals surface area contributed by atoms with Crippen LogP contribution in [0.1, 0.15) is 70.2 Å². The lowest BCUT2D eigenvalue weighted by atomic mass is 10.0. The van der Waals surface area contributed by atoms with Crippen LogP contribution in [0, 0.1) is 5.92 Å². The van der Waals surface area contributed by atoms with Gasteiger partial charge in [-0.15, -0.1) is 0 Å². The number of ether oxygens (including phenoxy) is 3. The first-order valence-electron chi connectivity index (χ1n) is 19.8. The number of nitrogens with one attached hydrogen (secondary N) is 4. The summed E-state index contributed by atoms with van der Waals surface area (Å²) < 4.78 is 14.9. The summed E-state index contributed by atoms with van der Waals surface area (Å²) in [4.78, 5) is 80.5. The quantitative estimate of drug-likeness (QED) is 0.123. The molecule has 4 amide bonds. The fourth-order valence-electron chi connectivity index (χ4n) is 7.83. The summed E-state index contributed by atoms with van der Waals surface area (Å²) >= 11 is 0. The molecule has 0 aliphatic carbocycles. The van der Waals surface area contributed by atoms with Crippen LogP contribution in [0.4, 0.5) is 9.59 Å². The SMILES string of the molecule is COC(=O)NC(C(=O)N1CCCC1c1nc2ccc(-c3cnc(-c4ccc(-c5cnc(C6CCCN6C(=O)C(NC(=O)OC)C(C)OC)[nH]5)cc4)cn3)cc2[nH]1)C(C)C. The van der Waals surface area contributed by atoms with Crippen molar-refractivity contribution in [1.29, 1.82) is 0 Å². The standard InChI is InChI=1S/C42H50N10O7/c1-23(2)35(49-41(55)58-5)39(53)52-18-8-10-34(52)38-46-28-16-15-27(19-29(28)47-38)31-21-43-30(20-44-31)25-11-13-26(14-12-25)32-22-45-37(48-32)33-9-7-17-51(33)40(54)36(24(3)57-4)50-42(56)59-6/h11-16,19-24,33-36H,7-10,17-18H2,1-6H3,(H,45,48)(H,46,47)(H,49,55)(H,50,56). The number of aromatic amines is 2. The van der Waals surface area contributed by atoms with E-state index in [9.17, 15) is 19.2 Å². The number of hydrogen-bond acceptors (Lipinski definition) is 11. The molecule has 0 bridgehead atoms. The van der Waals surface area contributed by atoms with Crippen molar-refractivity contribution in [2.45, 2.75) is 76.7 Å². The normalized spacial score (nSPS) is 18.2. The number of methoxy groups -OCH3 is 3. The molecule has 310 valence electrons. The Bertz CT molecular complexity index is 2290. The number of hydrogen-bond donors (Lipinski definition) is 4. The first-order chi connectivity index (χ1) is 28.5. The Morgan fingerprint density at radius 1 is 0.695 bits per heavy atom. The van der Waals surface area contributed by atoms with E-state index in [4.69, 9.17) is 29.2 Å².